The molecule has 0 spiro atoms. The molecule has 1 aliphatic rings. The van der Waals surface area contributed by atoms with E-state index in [1.807, 2.05) is 0 Å². The van der Waals surface area contributed by atoms with Gasteiger partial charge in [0.05, 0.1) is 0 Å². The highest BCUT2D eigenvalue weighted by molar-refractivity contribution is 5.63. The summed E-state index contributed by atoms with van der Waals surface area (Å²) in [6.07, 6.45) is 6.66. The van der Waals surface area contributed by atoms with Gasteiger partial charge in [-0.1, -0.05) is 19.3 Å². The van der Waals surface area contributed by atoms with Crippen LogP contribution in [0, 0.1) is 0 Å². The van der Waals surface area contributed by atoms with Gasteiger partial charge in [-0.3, -0.25) is 9.59 Å². The standard InChI is InChI=1S/C6H13N.2C2H4O2/c7-6-4-2-1-3-5-6;2*1-2(3)4/h6H,1-5,7H2;2*1H3,(H,3,4). The Balaban J connectivity index is 0. The molecule has 0 aliphatic heterocycles. The average Bonchev–Trinajstić information content (AvgIpc) is 2.03. The molecule has 0 bridgehead atoms. The number of nitrogens with two attached hydrogens (primary N) is 1. The fourth-order valence-corrected chi connectivity index (χ4v) is 1.13. The van der Waals surface area contributed by atoms with Crippen LogP contribution in [0.3, 0.4) is 0 Å². The summed E-state index contributed by atoms with van der Waals surface area (Å²) in [5.74, 6) is -1.67. The van der Waals surface area contributed by atoms with E-state index in [0.717, 1.165) is 13.8 Å². The van der Waals surface area contributed by atoms with E-state index in [-0.39, 0.29) is 0 Å². The van der Waals surface area contributed by atoms with Crippen molar-refractivity contribution in [2.24, 2.45) is 5.73 Å². The lowest BCUT2D eigenvalue weighted by atomic mass is 9.97. The van der Waals surface area contributed by atoms with Crippen LogP contribution in [0.15, 0.2) is 0 Å². The molecule has 1 aliphatic carbocycles. The van der Waals surface area contributed by atoms with Gasteiger partial charge >= 0.3 is 0 Å². The van der Waals surface area contributed by atoms with Crippen LogP contribution in [-0.4, -0.2) is 28.2 Å². The maximum atomic E-state index is 9.00. The van der Waals surface area contributed by atoms with Crippen LogP contribution in [0.25, 0.3) is 0 Å². The van der Waals surface area contributed by atoms with Gasteiger partial charge < -0.3 is 15.9 Å². The Morgan fingerprint density at radius 3 is 1.40 bits per heavy atom. The summed E-state index contributed by atoms with van der Waals surface area (Å²) in [5, 5.41) is 14.8. The third-order valence-corrected chi connectivity index (χ3v) is 1.65. The lowest BCUT2D eigenvalue weighted by Gasteiger charge is -2.15. The van der Waals surface area contributed by atoms with Crippen molar-refractivity contribution >= 4 is 11.9 Å². The molecule has 4 N–H and O–H groups in total. The van der Waals surface area contributed by atoms with Gasteiger partial charge in [0.2, 0.25) is 0 Å². The van der Waals surface area contributed by atoms with Gasteiger partial charge in [-0.15, -0.1) is 0 Å². The van der Waals surface area contributed by atoms with Crippen LogP contribution in [-0.2, 0) is 9.59 Å². The molecular formula is C10H21NO4. The van der Waals surface area contributed by atoms with Gasteiger partial charge in [-0.05, 0) is 12.8 Å². The number of carboxylic acid groups (broad SMARTS) is 2. The molecular weight excluding hydrogens is 198 g/mol. The molecule has 0 radical (unpaired) electrons. The lowest BCUT2D eigenvalue weighted by Crippen LogP contribution is -2.22. The van der Waals surface area contributed by atoms with E-state index in [1.165, 1.54) is 32.1 Å². The summed E-state index contributed by atoms with van der Waals surface area (Å²) in [5.41, 5.74) is 5.63. The molecule has 0 aromatic carbocycles. The van der Waals surface area contributed by atoms with E-state index < -0.39 is 11.9 Å². The van der Waals surface area contributed by atoms with Crippen LogP contribution < -0.4 is 5.73 Å². The number of rotatable bonds is 0. The molecule has 0 unspecified atom stereocenters. The largest absolute Gasteiger partial charge is 0.481 e. The van der Waals surface area contributed by atoms with Crippen molar-refractivity contribution in [1.82, 2.24) is 0 Å². The maximum Gasteiger partial charge on any atom is 0.300 e. The zero-order valence-electron chi connectivity index (χ0n) is 9.40. The van der Waals surface area contributed by atoms with Crippen molar-refractivity contribution in [3.05, 3.63) is 0 Å². The highest BCUT2D eigenvalue weighted by Crippen LogP contribution is 2.14. The average molecular weight is 219 g/mol. The Bertz CT molecular complexity index is 156. The van der Waals surface area contributed by atoms with E-state index in [4.69, 9.17) is 25.5 Å². The highest BCUT2D eigenvalue weighted by Gasteiger charge is 2.06. The summed E-state index contributed by atoms with van der Waals surface area (Å²) in [6.45, 7) is 2.17. The molecule has 0 aromatic heterocycles. The summed E-state index contributed by atoms with van der Waals surface area (Å²) in [4.78, 5) is 18.0. The Morgan fingerprint density at radius 2 is 1.27 bits per heavy atom. The van der Waals surface area contributed by atoms with E-state index in [2.05, 4.69) is 0 Å². The van der Waals surface area contributed by atoms with E-state index in [1.54, 1.807) is 0 Å². The SMILES string of the molecule is CC(=O)O.CC(=O)O.NC1CCCCC1. The Morgan fingerprint density at radius 1 is 1.00 bits per heavy atom. The molecule has 1 rings (SSSR count). The quantitative estimate of drug-likeness (QED) is 0.572. The van der Waals surface area contributed by atoms with Gasteiger partial charge in [0.25, 0.3) is 11.9 Å². The number of hydrogen-bond donors (Lipinski definition) is 3. The van der Waals surface area contributed by atoms with E-state index in [0.29, 0.717) is 6.04 Å². The molecule has 0 amide bonds. The molecule has 15 heavy (non-hydrogen) atoms. The predicted molar refractivity (Wildman–Crippen MR) is 57.7 cm³/mol. The Hall–Kier alpha value is -1.10. The van der Waals surface area contributed by atoms with Gasteiger partial charge in [-0.2, -0.15) is 0 Å². The number of hydrogen-bond acceptors (Lipinski definition) is 3. The van der Waals surface area contributed by atoms with Crippen LogP contribution in [0.4, 0.5) is 0 Å². The first-order chi connectivity index (χ1) is 6.86. The topological polar surface area (TPSA) is 101 Å². The minimum absolute atomic E-state index is 0.536. The van der Waals surface area contributed by atoms with Crippen LogP contribution in [0.1, 0.15) is 46.0 Å². The van der Waals surface area contributed by atoms with E-state index in [9.17, 15) is 0 Å². The number of aliphatic carboxylic acids is 2. The predicted octanol–water partition coefficient (Wildman–Crippen LogP) is 1.46. The minimum Gasteiger partial charge on any atom is -0.481 e. The summed E-state index contributed by atoms with van der Waals surface area (Å²) >= 11 is 0. The van der Waals surface area contributed by atoms with Gasteiger partial charge in [0.1, 0.15) is 0 Å². The molecule has 1 fully saturated rings. The third kappa shape index (κ3) is 32.2. The summed E-state index contributed by atoms with van der Waals surface area (Å²) < 4.78 is 0. The zero-order chi connectivity index (χ0) is 12.3. The first-order valence-corrected chi connectivity index (χ1v) is 5.01. The molecule has 90 valence electrons. The summed E-state index contributed by atoms with van der Waals surface area (Å²) in [7, 11) is 0. The molecule has 0 aromatic rings. The number of carbonyl (C=O) groups is 2. The second kappa shape index (κ2) is 11.0. The second-order valence-electron chi connectivity index (χ2n) is 3.44. The molecule has 1 saturated carbocycles. The first kappa shape index (κ1) is 16.3. The smallest absolute Gasteiger partial charge is 0.300 e. The monoisotopic (exact) mass is 219 g/mol. The van der Waals surface area contributed by atoms with Crippen molar-refractivity contribution in [2.45, 2.75) is 52.0 Å². The molecule has 0 heterocycles. The lowest BCUT2D eigenvalue weighted by molar-refractivity contribution is -0.135. The number of carboxylic acids is 2. The maximum absolute atomic E-state index is 9.00. The fourth-order valence-electron chi connectivity index (χ4n) is 1.13. The van der Waals surface area contributed by atoms with Crippen molar-refractivity contribution in [3.8, 4) is 0 Å². The molecule has 5 heteroatoms. The Kier molecular flexibility index (Phi) is 12.0. The molecule has 5 nitrogen and oxygen atoms in total. The van der Waals surface area contributed by atoms with Crippen molar-refractivity contribution in [2.75, 3.05) is 0 Å². The molecule has 0 atom stereocenters. The Labute approximate surface area is 90.3 Å². The fraction of sp³-hybridized carbons (Fsp3) is 0.800. The van der Waals surface area contributed by atoms with Gasteiger partial charge in [0, 0.05) is 19.9 Å². The van der Waals surface area contributed by atoms with Crippen LogP contribution in [0.5, 0.6) is 0 Å². The van der Waals surface area contributed by atoms with Crippen molar-refractivity contribution in [1.29, 1.82) is 0 Å². The first-order valence-electron chi connectivity index (χ1n) is 5.01. The van der Waals surface area contributed by atoms with Crippen LogP contribution in [0.2, 0.25) is 0 Å². The summed E-state index contributed by atoms with van der Waals surface area (Å²) in [6, 6.07) is 0.536. The van der Waals surface area contributed by atoms with Crippen molar-refractivity contribution in [3.63, 3.8) is 0 Å². The van der Waals surface area contributed by atoms with Crippen LogP contribution >= 0.6 is 0 Å². The minimum atomic E-state index is -0.833. The van der Waals surface area contributed by atoms with Gasteiger partial charge in [0.15, 0.2) is 0 Å². The van der Waals surface area contributed by atoms with Gasteiger partial charge in [-0.25, -0.2) is 0 Å². The molecule has 0 saturated heterocycles. The highest BCUT2D eigenvalue weighted by atomic mass is 16.4. The van der Waals surface area contributed by atoms with Crippen molar-refractivity contribution < 1.29 is 19.8 Å². The normalized spacial score (nSPS) is 15.1. The van der Waals surface area contributed by atoms with E-state index >= 15 is 0 Å². The second-order valence-corrected chi connectivity index (χ2v) is 3.44. The third-order valence-electron chi connectivity index (χ3n) is 1.65. The zero-order valence-corrected chi connectivity index (χ0v) is 9.40.